The number of fused-ring (bicyclic) bond motifs is 1. The van der Waals surface area contributed by atoms with Crippen LogP contribution < -0.4 is 4.31 Å². The molecule has 0 radical (unpaired) electrons. The lowest BCUT2D eigenvalue weighted by Crippen LogP contribution is -2.31. The molecule has 3 aromatic rings. The maximum absolute atomic E-state index is 12.7. The number of aromatic nitrogens is 1. The zero-order chi connectivity index (χ0) is 15.6. The van der Waals surface area contributed by atoms with Gasteiger partial charge in [-0.05, 0) is 24.3 Å². The van der Waals surface area contributed by atoms with E-state index in [9.17, 15) is 8.42 Å². The minimum absolute atomic E-state index is 0.143. The molecule has 110 valence electrons. The molecule has 0 aliphatic heterocycles. The fourth-order valence-electron chi connectivity index (χ4n) is 2.01. The smallest absolute Gasteiger partial charge is 0.227 e. The first kappa shape index (κ1) is 14.5. The maximum Gasteiger partial charge on any atom is 0.267 e. The van der Waals surface area contributed by atoms with Gasteiger partial charge in [-0.15, -0.1) is 0 Å². The third kappa shape index (κ3) is 2.54. The Hall–Kier alpha value is -2.43. The van der Waals surface area contributed by atoms with Crippen LogP contribution in [0.2, 0.25) is 0 Å². The number of hydrogen-bond acceptors (Lipinski definition) is 5. The van der Waals surface area contributed by atoms with Crippen molar-refractivity contribution in [3.05, 3.63) is 54.6 Å². The molecule has 0 fully saturated rings. The number of rotatable bonds is 4. The average Bonchev–Trinajstić information content (AvgIpc) is 2.96. The highest BCUT2D eigenvalue weighted by Gasteiger charge is 2.27. The third-order valence-electron chi connectivity index (χ3n) is 3.04. The lowest BCUT2D eigenvalue weighted by molar-refractivity contribution is 0.593. The zero-order valence-corrected chi connectivity index (χ0v) is 13.0. The Bertz CT molecular complexity index is 911. The Morgan fingerprint density at radius 1 is 1.09 bits per heavy atom. The Labute approximate surface area is 132 Å². The summed E-state index contributed by atoms with van der Waals surface area (Å²) in [5, 5.41) is 9.30. The van der Waals surface area contributed by atoms with Crippen molar-refractivity contribution in [3.63, 3.8) is 0 Å². The monoisotopic (exact) mass is 329 g/mol. The molecule has 0 bridgehead atoms. The highest BCUT2D eigenvalue weighted by Crippen LogP contribution is 2.31. The number of para-hydroxylation sites is 1. The van der Waals surface area contributed by atoms with Crippen LogP contribution >= 0.6 is 11.3 Å². The number of thiazole rings is 1. The first-order chi connectivity index (χ1) is 10.6. The first-order valence-electron chi connectivity index (χ1n) is 6.43. The topological polar surface area (TPSA) is 74.1 Å². The summed E-state index contributed by atoms with van der Waals surface area (Å²) in [6.45, 7) is -0.281. The van der Waals surface area contributed by atoms with Gasteiger partial charge in [0.15, 0.2) is 0 Å². The molecule has 5 nitrogen and oxygen atoms in total. The van der Waals surface area contributed by atoms with E-state index in [4.69, 9.17) is 5.26 Å². The number of benzene rings is 2. The van der Waals surface area contributed by atoms with E-state index in [1.807, 2.05) is 30.3 Å². The summed E-state index contributed by atoms with van der Waals surface area (Å²) < 4.78 is 27.4. The molecule has 0 spiro atoms. The lowest BCUT2D eigenvalue weighted by atomic mass is 10.3. The molecule has 0 saturated heterocycles. The second kappa shape index (κ2) is 5.75. The van der Waals surface area contributed by atoms with Gasteiger partial charge in [-0.25, -0.2) is 17.7 Å². The molecule has 0 aliphatic rings. The van der Waals surface area contributed by atoms with Crippen LogP contribution in [0.25, 0.3) is 10.2 Å². The molecule has 7 heteroatoms. The van der Waals surface area contributed by atoms with Crippen LogP contribution in [-0.4, -0.2) is 19.9 Å². The summed E-state index contributed by atoms with van der Waals surface area (Å²) in [6, 6.07) is 17.3. The number of nitriles is 1. The first-order valence-corrected chi connectivity index (χ1v) is 8.69. The minimum Gasteiger partial charge on any atom is -0.227 e. The lowest BCUT2D eigenvalue weighted by Gasteiger charge is -2.18. The second-order valence-corrected chi connectivity index (χ2v) is 7.32. The van der Waals surface area contributed by atoms with Crippen LogP contribution in [0, 0.1) is 11.3 Å². The predicted octanol–water partition coefficient (Wildman–Crippen LogP) is 3.02. The van der Waals surface area contributed by atoms with Crippen LogP contribution in [0.5, 0.6) is 0 Å². The van der Waals surface area contributed by atoms with Crippen molar-refractivity contribution in [3.8, 4) is 6.07 Å². The van der Waals surface area contributed by atoms with Crippen LogP contribution in [0.15, 0.2) is 59.5 Å². The standard InChI is InChI=1S/C15H11N3O2S2/c16-10-11-18(22(19,20)12-6-2-1-3-7-12)15-17-13-8-4-5-9-14(13)21-15/h1-9H,11H2. The summed E-state index contributed by atoms with van der Waals surface area (Å²) in [4.78, 5) is 4.48. The number of nitrogens with zero attached hydrogens (tertiary/aromatic N) is 3. The summed E-state index contributed by atoms with van der Waals surface area (Å²) in [5.41, 5.74) is 0.716. The Morgan fingerprint density at radius 2 is 1.77 bits per heavy atom. The highest BCUT2D eigenvalue weighted by molar-refractivity contribution is 7.93. The molecule has 1 heterocycles. The van der Waals surface area contributed by atoms with E-state index in [-0.39, 0.29) is 11.4 Å². The van der Waals surface area contributed by atoms with Gasteiger partial charge in [0.1, 0.15) is 6.54 Å². The van der Waals surface area contributed by atoms with Crippen LogP contribution in [0.4, 0.5) is 5.13 Å². The fourth-order valence-corrected chi connectivity index (χ4v) is 4.51. The van der Waals surface area contributed by atoms with E-state index in [1.54, 1.807) is 18.2 Å². The summed E-state index contributed by atoms with van der Waals surface area (Å²) in [6.07, 6.45) is 0. The summed E-state index contributed by atoms with van der Waals surface area (Å²) in [5.74, 6) is 0. The van der Waals surface area contributed by atoms with Crippen molar-refractivity contribution in [1.82, 2.24) is 4.98 Å². The number of sulfonamides is 1. The van der Waals surface area contributed by atoms with Crippen LogP contribution in [0.3, 0.4) is 0 Å². The zero-order valence-electron chi connectivity index (χ0n) is 11.4. The van der Waals surface area contributed by atoms with Gasteiger partial charge < -0.3 is 0 Å². The summed E-state index contributed by atoms with van der Waals surface area (Å²) in [7, 11) is -3.81. The molecule has 0 aliphatic carbocycles. The second-order valence-electron chi connectivity index (χ2n) is 4.45. The molecule has 0 saturated carbocycles. The Kier molecular flexibility index (Phi) is 3.79. The molecule has 1 aromatic heterocycles. The van der Waals surface area contributed by atoms with Crippen LogP contribution in [0.1, 0.15) is 0 Å². The van der Waals surface area contributed by atoms with E-state index >= 15 is 0 Å². The SMILES string of the molecule is N#CCN(c1nc2ccccc2s1)S(=O)(=O)c1ccccc1. The van der Waals surface area contributed by atoms with Crippen molar-refractivity contribution in [2.75, 3.05) is 10.8 Å². The normalized spacial score (nSPS) is 11.2. The Morgan fingerprint density at radius 3 is 2.45 bits per heavy atom. The Balaban J connectivity index is 2.12. The fraction of sp³-hybridized carbons (Fsp3) is 0.0667. The molecule has 0 atom stereocenters. The maximum atomic E-state index is 12.7. The predicted molar refractivity (Wildman–Crippen MR) is 86.2 cm³/mol. The number of anilines is 1. The van der Waals surface area contributed by atoms with Crippen molar-refractivity contribution in [1.29, 1.82) is 5.26 Å². The minimum atomic E-state index is -3.81. The molecule has 2 aromatic carbocycles. The van der Waals surface area contributed by atoms with Gasteiger partial charge >= 0.3 is 0 Å². The van der Waals surface area contributed by atoms with Crippen LogP contribution in [-0.2, 0) is 10.0 Å². The van der Waals surface area contributed by atoms with E-state index in [1.165, 1.54) is 23.5 Å². The van der Waals surface area contributed by atoms with E-state index in [0.29, 0.717) is 10.6 Å². The third-order valence-corrected chi connectivity index (χ3v) is 5.97. The van der Waals surface area contributed by atoms with E-state index < -0.39 is 10.0 Å². The molecular formula is C15H11N3O2S2. The van der Waals surface area contributed by atoms with Crippen molar-refractivity contribution in [2.24, 2.45) is 0 Å². The average molecular weight is 329 g/mol. The highest BCUT2D eigenvalue weighted by atomic mass is 32.2. The number of hydrogen-bond donors (Lipinski definition) is 0. The molecule has 0 N–H and O–H groups in total. The molecule has 3 rings (SSSR count). The molecular weight excluding hydrogens is 318 g/mol. The largest absolute Gasteiger partial charge is 0.267 e. The quantitative estimate of drug-likeness (QED) is 0.690. The van der Waals surface area contributed by atoms with E-state index in [0.717, 1.165) is 9.01 Å². The molecule has 22 heavy (non-hydrogen) atoms. The van der Waals surface area contributed by atoms with Gasteiger partial charge in [-0.2, -0.15) is 5.26 Å². The van der Waals surface area contributed by atoms with Gasteiger partial charge in [0.25, 0.3) is 10.0 Å². The van der Waals surface area contributed by atoms with E-state index in [2.05, 4.69) is 4.98 Å². The summed E-state index contributed by atoms with van der Waals surface area (Å²) >= 11 is 1.25. The van der Waals surface area contributed by atoms with Crippen molar-refractivity contribution >= 4 is 36.7 Å². The van der Waals surface area contributed by atoms with Gasteiger partial charge in [0.05, 0.1) is 21.2 Å². The van der Waals surface area contributed by atoms with Crippen molar-refractivity contribution < 1.29 is 8.42 Å². The van der Waals surface area contributed by atoms with Gasteiger partial charge in [-0.3, -0.25) is 0 Å². The molecule has 0 amide bonds. The van der Waals surface area contributed by atoms with Gasteiger partial charge in [0, 0.05) is 0 Å². The van der Waals surface area contributed by atoms with Crippen molar-refractivity contribution in [2.45, 2.75) is 4.90 Å². The van der Waals surface area contributed by atoms with Gasteiger partial charge in [0.2, 0.25) is 5.13 Å². The molecule has 0 unspecified atom stereocenters. The van der Waals surface area contributed by atoms with Gasteiger partial charge in [-0.1, -0.05) is 41.7 Å².